The summed E-state index contributed by atoms with van der Waals surface area (Å²) in [6, 6.07) is 13.6. The van der Waals surface area contributed by atoms with Crippen molar-refractivity contribution in [2.24, 2.45) is 0 Å². The summed E-state index contributed by atoms with van der Waals surface area (Å²) in [6.07, 6.45) is 0.103. The Balaban J connectivity index is 1.84. The van der Waals surface area contributed by atoms with Gasteiger partial charge in [-0.3, -0.25) is 9.69 Å². The van der Waals surface area contributed by atoms with Gasteiger partial charge >= 0.3 is 5.97 Å². The van der Waals surface area contributed by atoms with Gasteiger partial charge in [-0.05, 0) is 42.3 Å². The van der Waals surface area contributed by atoms with E-state index in [1.54, 1.807) is 17.0 Å². The van der Waals surface area contributed by atoms with Gasteiger partial charge in [-0.25, -0.2) is 9.18 Å². The fraction of sp³-hybridized carbons (Fsp3) is 0.200. The molecule has 0 aliphatic carbocycles. The summed E-state index contributed by atoms with van der Waals surface area (Å²) in [5, 5.41) is 0. The Labute approximate surface area is 144 Å². The van der Waals surface area contributed by atoms with Gasteiger partial charge in [-0.15, -0.1) is 0 Å². The largest absolute Gasteiger partial charge is 0.456 e. The number of halogens is 1. The van der Waals surface area contributed by atoms with E-state index >= 15 is 0 Å². The van der Waals surface area contributed by atoms with Crippen molar-refractivity contribution in [3.63, 3.8) is 0 Å². The number of aryl methyl sites for hydroxylation is 1. The zero-order chi connectivity index (χ0) is 17.6. The molecular weight excluding hydrogens is 321 g/mol. The van der Waals surface area contributed by atoms with E-state index < -0.39 is 11.9 Å². The second kappa shape index (κ2) is 5.84. The maximum atomic E-state index is 13.6. The molecule has 2 aliphatic rings. The van der Waals surface area contributed by atoms with Crippen LogP contribution in [0, 0.1) is 12.7 Å². The molecule has 0 bridgehead atoms. The third-order valence-electron chi connectivity index (χ3n) is 4.63. The normalized spacial score (nSPS) is 19.9. The lowest BCUT2D eigenvalue weighted by molar-refractivity contribution is -0.136. The molecule has 1 atom stereocenters. The van der Waals surface area contributed by atoms with Gasteiger partial charge in [0, 0.05) is 18.0 Å². The van der Waals surface area contributed by atoms with Crippen LogP contribution in [0.4, 0.5) is 10.1 Å². The Hall–Kier alpha value is -2.95. The van der Waals surface area contributed by atoms with Gasteiger partial charge < -0.3 is 4.74 Å². The number of carbonyl (C=O) groups excluding carboxylic acids is 2. The zero-order valence-corrected chi connectivity index (χ0v) is 13.7. The average Bonchev–Trinajstić information content (AvgIpc) is 2.96. The van der Waals surface area contributed by atoms with Crippen molar-refractivity contribution in [1.29, 1.82) is 0 Å². The molecule has 2 aromatic rings. The number of esters is 1. The van der Waals surface area contributed by atoms with Crippen LogP contribution in [0.2, 0.25) is 0 Å². The highest BCUT2D eigenvalue weighted by Crippen LogP contribution is 2.41. The highest BCUT2D eigenvalue weighted by atomic mass is 19.1. The number of hydrogen-bond acceptors (Lipinski definition) is 3. The first-order valence-electron chi connectivity index (χ1n) is 8.10. The molecule has 2 aliphatic heterocycles. The van der Waals surface area contributed by atoms with Gasteiger partial charge in [0.15, 0.2) is 0 Å². The first kappa shape index (κ1) is 15.6. The first-order valence-corrected chi connectivity index (χ1v) is 8.10. The number of benzene rings is 2. The summed E-state index contributed by atoms with van der Waals surface area (Å²) < 4.78 is 18.8. The lowest BCUT2D eigenvalue weighted by Gasteiger charge is -2.32. The van der Waals surface area contributed by atoms with Gasteiger partial charge in [0.1, 0.15) is 12.4 Å². The molecule has 0 saturated carbocycles. The highest BCUT2D eigenvalue weighted by molar-refractivity contribution is 6.06. The summed E-state index contributed by atoms with van der Waals surface area (Å²) in [4.78, 5) is 26.7. The van der Waals surface area contributed by atoms with Crippen molar-refractivity contribution in [1.82, 2.24) is 0 Å². The standard InChI is InChI=1S/C20H16FNO3/c1-12-4-2-7-15(8-12)22-17-11-25-20(24)19(17)16(10-18(22)23)13-5-3-6-14(21)9-13/h2-9,16H,10-11H2,1H3. The Morgan fingerprint density at radius 3 is 2.68 bits per heavy atom. The summed E-state index contributed by atoms with van der Waals surface area (Å²) in [5.74, 6) is -1.43. The Bertz CT molecular complexity index is 919. The minimum absolute atomic E-state index is 0.0552. The minimum Gasteiger partial charge on any atom is -0.456 e. The number of rotatable bonds is 2. The predicted octanol–water partition coefficient (Wildman–Crippen LogP) is 3.47. The second-order valence-corrected chi connectivity index (χ2v) is 6.32. The molecule has 1 unspecified atom stereocenters. The molecule has 0 aromatic heterocycles. The van der Waals surface area contributed by atoms with E-state index in [2.05, 4.69) is 0 Å². The van der Waals surface area contributed by atoms with Crippen molar-refractivity contribution in [3.05, 3.63) is 76.7 Å². The van der Waals surface area contributed by atoms with Crippen LogP contribution in [0.5, 0.6) is 0 Å². The van der Waals surface area contributed by atoms with Crippen LogP contribution in [0.3, 0.4) is 0 Å². The van der Waals surface area contributed by atoms with E-state index in [1.165, 1.54) is 12.1 Å². The van der Waals surface area contributed by atoms with Crippen LogP contribution in [-0.4, -0.2) is 18.5 Å². The monoisotopic (exact) mass is 337 g/mol. The van der Waals surface area contributed by atoms with Crippen LogP contribution < -0.4 is 4.90 Å². The lowest BCUT2D eigenvalue weighted by atomic mass is 9.84. The van der Waals surface area contributed by atoms with E-state index in [-0.39, 0.29) is 24.8 Å². The van der Waals surface area contributed by atoms with Crippen LogP contribution in [-0.2, 0) is 14.3 Å². The Kier molecular flexibility index (Phi) is 3.64. The summed E-state index contributed by atoms with van der Waals surface area (Å²) >= 11 is 0. The van der Waals surface area contributed by atoms with Crippen molar-refractivity contribution >= 4 is 17.6 Å². The molecule has 5 heteroatoms. The lowest BCUT2D eigenvalue weighted by Crippen LogP contribution is -2.37. The van der Waals surface area contributed by atoms with Crippen molar-refractivity contribution < 1.29 is 18.7 Å². The molecule has 2 aromatic carbocycles. The Morgan fingerprint density at radius 1 is 1.12 bits per heavy atom. The van der Waals surface area contributed by atoms with Crippen LogP contribution in [0.1, 0.15) is 23.5 Å². The number of cyclic esters (lactones) is 1. The van der Waals surface area contributed by atoms with E-state index in [9.17, 15) is 14.0 Å². The minimum atomic E-state index is -0.478. The number of nitrogens with zero attached hydrogens (tertiary/aromatic N) is 1. The Morgan fingerprint density at radius 2 is 1.92 bits per heavy atom. The third-order valence-corrected chi connectivity index (χ3v) is 4.63. The van der Waals surface area contributed by atoms with Gasteiger partial charge in [0.05, 0.1) is 11.3 Å². The van der Waals surface area contributed by atoms with Crippen molar-refractivity contribution in [2.45, 2.75) is 19.3 Å². The molecule has 126 valence electrons. The fourth-order valence-electron chi connectivity index (χ4n) is 3.53. The smallest absolute Gasteiger partial charge is 0.336 e. The maximum Gasteiger partial charge on any atom is 0.336 e. The maximum absolute atomic E-state index is 13.6. The molecule has 4 nitrogen and oxygen atoms in total. The molecule has 0 saturated heterocycles. The SMILES string of the molecule is Cc1cccc(N2C(=O)CC(c3cccc(F)c3)C3=C2COC3=O)c1. The molecule has 0 fully saturated rings. The van der Waals surface area contributed by atoms with Gasteiger partial charge in [0.2, 0.25) is 5.91 Å². The predicted molar refractivity (Wildman–Crippen MR) is 90.4 cm³/mol. The number of amides is 1. The van der Waals surface area contributed by atoms with E-state index in [4.69, 9.17) is 4.74 Å². The number of anilines is 1. The van der Waals surface area contributed by atoms with E-state index in [1.807, 2.05) is 31.2 Å². The van der Waals surface area contributed by atoms with Gasteiger partial charge in [-0.2, -0.15) is 0 Å². The molecule has 4 rings (SSSR count). The van der Waals surface area contributed by atoms with E-state index in [0.29, 0.717) is 22.5 Å². The molecule has 1 amide bonds. The van der Waals surface area contributed by atoms with Crippen molar-refractivity contribution in [3.8, 4) is 0 Å². The van der Waals surface area contributed by atoms with Crippen LogP contribution in [0.25, 0.3) is 0 Å². The van der Waals surface area contributed by atoms with E-state index in [0.717, 1.165) is 5.56 Å². The molecule has 0 radical (unpaired) electrons. The number of carbonyl (C=O) groups is 2. The molecule has 2 heterocycles. The summed E-state index contributed by atoms with van der Waals surface area (Å²) in [6.45, 7) is 2.00. The van der Waals surface area contributed by atoms with Gasteiger partial charge in [0.25, 0.3) is 0 Å². The number of hydrogen-bond donors (Lipinski definition) is 0. The molecule has 25 heavy (non-hydrogen) atoms. The quantitative estimate of drug-likeness (QED) is 0.789. The first-order chi connectivity index (χ1) is 12.0. The summed E-state index contributed by atoms with van der Waals surface area (Å²) in [5.41, 5.74) is 3.36. The molecule has 0 N–H and O–H groups in total. The fourth-order valence-corrected chi connectivity index (χ4v) is 3.53. The number of ether oxygens (including phenoxy) is 1. The topological polar surface area (TPSA) is 46.6 Å². The van der Waals surface area contributed by atoms with Crippen molar-refractivity contribution in [2.75, 3.05) is 11.5 Å². The van der Waals surface area contributed by atoms with Crippen LogP contribution in [0.15, 0.2) is 59.8 Å². The second-order valence-electron chi connectivity index (χ2n) is 6.32. The average molecular weight is 337 g/mol. The third kappa shape index (κ3) is 2.61. The highest BCUT2D eigenvalue weighted by Gasteiger charge is 2.42. The molecule has 0 spiro atoms. The van der Waals surface area contributed by atoms with Crippen LogP contribution >= 0.6 is 0 Å². The summed E-state index contributed by atoms with van der Waals surface area (Å²) in [7, 11) is 0. The molecular formula is C20H16FNO3. The van der Waals surface area contributed by atoms with Gasteiger partial charge in [-0.1, -0.05) is 24.3 Å². The zero-order valence-electron chi connectivity index (χ0n) is 13.7.